The van der Waals surface area contributed by atoms with Crippen LogP contribution in [0.2, 0.25) is 5.28 Å². The lowest BCUT2D eigenvalue weighted by atomic mass is 10.2. The quantitative estimate of drug-likeness (QED) is 0.470. The molecular weight excluding hydrogens is 421 g/mol. The van der Waals surface area contributed by atoms with Crippen LogP contribution in [0.3, 0.4) is 0 Å². The monoisotopic (exact) mass is 436 g/mol. The summed E-state index contributed by atoms with van der Waals surface area (Å²) in [5.41, 5.74) is 5.94. The lowest BCUT2D eigenvalue weighted by Gasteiger charge is -2.24. The predicted octanol–water partition coefficient (Wildman–Crippen LogP) is 0.736. The smallest absolute Gasteiger partial charge is 0.451 e. The number of hydrogen-bond acceptors (Lipinski definition) is 8. The molecule has 1 aliphatic carbocycles. The Morgan fingerprint density at radius 3 is 2.76 bits per heavy atom. The molecule has 0 radical (unpaired) electrons. The van der Waals surface area contributed by atoms with Crippen molar-refractivity contribution >= 4 is 40.5 Å². The molecule has 1 amide bonds. The van der Waals surface area contributed by atoms with E-state index in [-0.39, 0.29) is 35.1 Å². The number of esters is 1. The van der Waals surface area contributed by atoms with E-state index in [2.05, 4.69) is 25.0 Å². The summed E-state index contributed by atoms with van der Waals surface area (Å²) in [6.07, 6.45) is -7.26. The number of fused-ring (bicyclic) bond motifs is 1. The number of anilines is 1. The number of nitrogens with zero attached hydrogens (tertiary/aromatic N) is 4. The van der Waals surface area contributed by atoms with Crippen LogP contribution in [0.1, 0.15) is 25.8 Å². The molecule has 1 fully saturated rings. The Kier molecular flexibility index (Phi) is 5.54. The number of halogens is 4. The molecular formula is C15H16ClF3N6O4. The zero-order chi connectivity index (χ0) is 21.5. The summed E-state index contributed by atoms with van der Waals surface area (Å²) in [6, 6.07) is -2.00. The minimum absolute atomic E-state index is 0.0584. The molecule has 4 atom stereocenters. The summed E-state index contributed by atoms with van der Waals surface area (Å²) >= 11 is 5.80. The van der Waals surface area contributed by atoms with Gasteiger partial charge in [-0.2, -0.15) is 23.1 Å². The number of imidazole rings is 1. The van der Waals surface area contributed by atoms with E-state index in [1.54, 1.807) is 6.92 Å². The number of carbonyl (C=O) groups is 2. The Morgan fingerprint density at radius 2 is 2.14 bits per heavy atom. The van der Waals surface area contributed by atoms with Gasteiger partial charge in [0.1, 0.15) is 11.6 Å². The Labute approximate surface area is 166 Å². The third-order valence-electron chi connectivity index (χ3n) is 4.54. The summed E-state index contributed by atoms with van der Waals surface area (Å²) in [5.74, 6) is -2.96. The molecule has 14 heteroatoms. The van der Waals surface area contributed by atoms with E-state index >= 15 is 0 Å². The number of aromatic nitrogens is 4. The lowest BCUT2D eigenvalue weighted by molar-refractivity contribution is -0.209. The van der Waals surface area contributed by atoms with E-state index in [1.807, 2.05) is 0 Å². The summed E-state index contributed by atoms with van der Waals surface area (Å²) in [5, 5.41) is 12.8. The van der Waals surface area contributed by atoms with Gasteiger partial charge < -0.3 is 25.5 Å². The van der Waals surface area contributed by atoms with E-state index < -0.39 is 42.3 Å². The Balaban J connectivity index is 2.01. The van der Waals surface area contributed by atoms with Crippen LogP contribution in [0.5, 0.6) is 0 Å². The van der Waals surface area contributed by atoms with Crippen molar-refractivity contribution in [1.82, 2.24) is 24.8 Å². The minimum atomic E-state index is -5.26. The number of alkyl halides is 3. The first-order valence-electron chi connectivity index (χ1n) is 8.43. The van der Waals surface area contributed by atoms with E-state index in [4.69, 9.17) is 17.3 Å². The maximum absolute atomic E-state index is 12.7. The molecule has 29 heavy (non-hydrogen) atoms. The summed E-state index contributed by atoms with van der Waals surface area (Å²) in [4.78, 5) is 34.8. The fourth-order valence-electron chi connectivity index (χ4n) is 3.21. The summed E-state index contributed by atoms with van der Waals surface area (Å²) < 4.78 is 44.0. The van der Waals surface area contributed by atoms with E-state index in [0.29, 0.717) is 0 Å². The van der Waals surface area contributed by atoms with E-state index in [1.165, 1.54) is 10.9 Å². The molecule has 1 saturated carbocycles. The van der Waals surface area contributed by atoms with Gasteiger partial charge in [-0.1, -0.05) is 6.92 Å². The Hall–Kier alpha value is -2.67. The maximum atomic E-state index is 12.7. The SMILES string of the molecule is CCC(=O)NC1C[C@@H](n2cnc3c(N)nc(Cl)nc32)[C@H](OC(=O)C(F)(F)F)C1O. The number of amides is 1. The van der Waals surface area contributed by atoms with Crippen LogP contribution in [-0.2, 0) is 14.3 Å². The number of aliphatic hydroxyl groups is 1. The third kappa shape index (κ3) is 4.05. The average molecular weight is 437 g/mol. The molecule has 158 valence electrons. The lowest BCUT2D eigenvalue weighted by Crippen LogP contribution is -2.45. The van der Waals surface area contributed by atoms with Crippen molar-refractivity contribution in [1.29, 1.82) is 0 Å². The van der Waals surface area contributed by atoms with Gasteiger partial charge in [-0.3, -0.25) is 4.79 Å². The van der Waals surface area contributed by atoms with Crippen molar-refractivity contribution in [2.75, 3.05) is 5.73 Å². The van der Waals surface area contributed by atoms with Gasteiger partial charge in [-0.05, 0) is 18.0 Å². The molecule has 0 aromatic carbocycles. The third-order valence-corrected chi connectivity index (χ3v) is 4.71. The van der Waals surface area contributed by atoms with Crippen LogP contribution in [0.4, 0.5) is 19.0 Å². The highest BCUT2D eigenvalue weighted by atomic mass is 35.5. The molecule has 2 aromatic heterocycles. The van der Waals surface area contributed by atoms with Crippen LogP contribution in [-0.4, -0.2) is 60.9 Å². The zero-order valence-corrected chi connectivity index (χ0v) is 15.6. The van der Waals surface area contributed by atoms with Crippen molar-refractivity contribution < 1.29 is 32.6 Å². The number of nitrogens with one attached hydrogen (secondary N) is 1. The van der Waals surface area contributed by atoms with Gasteiger partial charge in [0, 0.05) is 6.42 Å². The molecule has 2 unspecified atom stereocenters. The highest BCUT2D eigenvalue weighted by molar-refractivity contribution is 6.28. The highest BCUT2D eigenvalue weighted by Crippen LogP contribution is 2.37. The van der Waals surface area contributed by atoms with Crippen molar-refractivity contribution in [3.63, 3.8) is 0 Å². The number of nitrogen functional groups attached to an aromatic ring is 1. The summed E-state index contributed by atoms with van der Waals surface area (Å²) in [6.45, 7) is 1.57. The van der Waals surface area contributed by atoms with Crippen LogP contribution < -0.4 is 11.1 Å². The number of nitrogens with two attached hydrogens (primary N) is 1. The second kappa shape index (κ2) is 7.63. The van der Waals surface area contributed by atoms with Crippen LogP contribution in [0, 0.1) is 0 Å². The number of hydrogen-bond donors (Lipinski definition) is 3. The first kappa shape index (κ1) is 21.0. The van der Waals surface area contributed by atoms with Crippen LogP contribution in [0.15, 0.2) is 6.33 Å². The van der Waals surface area contributed by atoms with Gasteiger partial charge in [0.25, 0.3) is 0 Å². The van der Waals surface area contributed by atoms with Gasteiger partial charge in [-0.25, -0.2) is 9.78 Å². The molecule has 1 aliphatic rings. The first-order chi connectivity index (χ1) is 13.5. The molecule has 0 aliphatic heterocycles. The molecule has 3 rings (SSSR count). The molecule has 2 aromatic rings. The molecule has 0 saturated heterocycles. The molecule has 2 heterocycles. The maximum Gasteiger partial charge on any atom is 0.490 e. The van der Waals surface area contributed by atoms with Crippen LogP contribution in [0.25, 0.3) is 11.2 Å². The molecule has 4 N–H and O–H groups in total. The van der Waals surface area contributed by atoms with Crippen molar-refractivity contribution in [2.24, 2.45) is 0 Å². The second-order valence-electron chi connectivity index (χ2n) is 6.39. The number of ether oxygens (including phenoxy) is 1. The van der Waals surface area contributed by atoms with Gasteiger partial charge in [0.2, 0.25) is 11.2 Å². The molecule has 10 nitrogen and oxygen atoms in total. The average Bonchev–Trinajstić information content (AvgIpc) is 3.17. The van der Waals surface area contributed by atoms with Crippen molar-refractivity contribution in [2.45, 2.75) is 50.2 Å². The number of carbonyl (C=O) groups excluding carboxylic acids is 2. The van der Waals surface area contributed by atoms with Crippen molar-refractivity contribution in [3.8, 4) is 0 Å². The first-order valence-corrected chi connectivity index (χ1v) is 8.81. The Morgan fingerprint density at radius 1 is 1.45 bits per heavy atom. The normalized spacial score (nSPS) is 24.6. The standard InChI is InChI=1S/C15H16ClF3N6O4/c1-2-7(26)22-5-3-6(10(9(5)27)29-13(28)15(17,18)19)25-4-21-8-11(20)23-14(16)24-12(8)25/h4-6,9-10,27H,2-3H2,1H3,(H,22,26)(H2,20,23,24)/t5?,6-,9?,10+/m1/s1. The predicted molar refractivity (Wildman–Crippen MR) is 92.6 cm³/mol. The van der Waals surface area contributed by atoms with Gasteiger partial charge >= 0.3 is 12.1 Å². The Bertz CT molecular complexity index is 952. The minimum Gasteiger partial charge on any atom is -0.451 e. The fraction of sp³-hybridized carbons (Fsp3) is 0.533. The van der Waals surface area contributed by atoms with Crippen LogP contribution >= 0.6 is 11.6 Å². The molecule has 0 spiro atoms. The largest absolute Gasteiger partial charge is 0.490 e. The van der Waals surface area contributed by atoms with Gasteiger partial charge in [-0.15, -0.1) is 0 Å². The van der Waals surface area contributed by atoms with E-state index in [0.717, 1.165) is 0 Å². The fourth-order valence-corrected chi connectivity index (χ4v) is 3.38. The van der Waals surface area contributed by atoms with Crippen molar-refractivity contribution in [3.05, 3.63) is 11.6 Å². The molecule has 0 bridgehead atoms. The summed E-state index contributed by atoms with van der Waals surface area (Å²) in [7, 11) is 0. The highest BCUT2D eigenvalue weighted by Gasteiger charge is 2.51. The number of rotatable bonds is 4. The zero-order valence-electron chi connectivity index (χ0n) is 14.9. The topological polar surface area (TPSA) is 145 Å². The second-order valence-corrected chi connectivity index (χ2v) is 6.73. The van der Waals surface area contributed by atoms with Gasteiger partial charge in [0.05, 0.1) is 18.4 Å². The van der Waals surface area contributed by atoms with E-state index in [9.17, 15) is 27.9 Å². The number of aliphatic hydroxyl groups excluding tert-OH is 1. The van der Waals surface area contributed by atoms with Gasteiger partial charge in [0.15, 0.2) is 17.6 Å².